The van der Waals surface area contributed by atoms with Crippen LogP contribution in [0.3, 0.4) is 0 Å². The molecule has 1 saturated carbocycles. The van der Waals surface area contributed by atoms with E-state index in [0.717, 1.165) is 44.2 Å². The van der Waals surface area contributed by atoms with E-state index in [1.807, 2.05) is 13.1 Å². The number of rotatable bonds is 8. The molecule has 0 aromatic heterocycles. The van der Waals surface area contributed by atoms with Gasteiger partial charge in [0.1, 0.15) is 17.7 Å². The number of esters is 1. The Labute approximate surface area is 237 Å². The number of carbonyl (C=O) groups excluding carboxylic acids is 2. The summed E-state index contributed by atoms with van der Waals surface area (Å²) in [5.41, 5.74) is 3.14. The van der Waals surface area contributed by atoms with Gasteiger partial charge in [-0.25, -0.2) is 14.0 Å². The number of nitrogens with zero attached hydrogens (tertiary/aromatic N) is 1. The Hall–Kier alpha value is -3.13. The fraction of sp³-hybridized carbons (Fsp3) is 0.562. The molecule has 2 aliphatic rings. The van der Waals surface area contributed by atoms with Gasteiger partial charge in [0.05, 0.1) is 13.7 Å². The second-order valence-corrected chi connectivity index (χ2v) is 12.1. The maximum atomic E-state index is 14.8. The smallest absolute Gasteiger partial charge is 0.411 e. The molecular formula is C32H43FN2O5. The van der Waals surface area contributed by atoms with Crippen LogP contribution in [-0.4, -0.2) is 55.4 Å². The summed E-state index contributed by atoms with van der Waals surface area (Å²) in [5.74, 6) is 0.246. The van der Waals surface area contributed by atoms with Crippen molar-refractivity contribution in [2.24, 2.45) is 5.92 Å². The first kappa shape index (κ1) is 29.8. The molecule has 1 aliphatic heterocycles. The van der Waals surface area contributed by atoms with E-state index in [4.69, 9.17) is 14.2 Å². The molecule has 2 aromatic rings. The minimum atomic E-state index is -0.843. The van der Waals surface area contributed by atoms with Crippen molar-refractivity contribution in [1.29, 1.82) is 0 Å². The van der Waals surface area contributed by atoms with E-state index in [9.17, 15) is 14.0 Å². The van der Waals surface area contributed by atoms with Crippen molar-refractivity contribution in [1.82, 2.24) is 10.2 Å². The minimum Gasteiger partial charge on any atom is -0.485 e. The van der Waals surface area contributed by atoms with E-state index in [2.05, 4.69) is 29.6 Å². The van der Waals surface area contributed by atoms with E-state index < -0.39 is 35.6 Å². The molecule has 8 heteroatoms. The van der Waals surface area contributed by atoms with Gasteiger partial charge in [0, 0.05) is 13.0 Å². The predicted molar refractivity (Wildman–Crippen MR) is 152 cm³/mol. The highest BCUT2D eigenvalue weighted by Crippen LogP contribution is 2.39. The fourth-order valence-electron chi connectivity index (χ4n) is 6.00. The summed E-state index contributed by atoms with van der Waals surface area (Å²) in [7, 11) is 3.26. The zero-order chi connectivity index (χ0) is 28.9. The van der Waals surface area contributed by atoms with Gasteiger partial charge in [-0.05, 0) is 101 Å². The monoisotopic (exact) mass is 554 g/mol. The Morgan fingerprint density at radius 2 is 1.80 bits per heavy atom. The van der Waals surface area contributed by atoms with Crippen LogP contribution >= 0.6 is 0 Å². The first-order valence-electron chi connectivity index (χ1n) is 14.3. The molecule has 2 aromatic carbocycles. The number of hydrogen-bond acceptors (Lipinski definition) is 6. The van der Waals surface area contributed by atoms with Crippen LogP contribution in [0, 0.1) is 11.7 Å². The summed E-state index contributed by atoms with van der Waals surface area (Å²) in [6, 6.07) is 12.9. The molecule has 40 heavy (non-hydrogen) atoms. The zero-order valence-corrected chi connectivity index (χ0v) is 24.4. The van der Waals surface area contributed by atoms with Gasteiger partial charge in [0.2, 0.25) is 0 Å². The van der Waals surface area contributed by atoms with Crippen molar-refractivity contribution in [2.45, 2.75) is 89.5 Å². The van der Waals surface area contributed by atoms with Gasteiger partial charge in [-0.1, -0.05) is 30.3 Å². The Bertz CT molecular complexity index is 1170. The molecule has 2 atom stereocenters. The van der Waals surface area contributed by atoms with E-state index in [-0.39, 0.29) is 18.7 Å². The molecule has 0 unspecified atom stereocenters. The van der Waals surface area contributed by atoms with Crippen molar-refractivity contribution >= 4 is 12.1 Å². The molecule has 218 valence electrons. The fourth-order valence-corrected chi connectivity index (χ4v) is 6.00. The maximum absolute atomic E-state index is 14.8. The highest BCUT2D eigenvalue weighted by Gasteiger charge is 2.43. The van der Waals surface area contributed by atoms with E-state index >= 15 is 0 Å². The number of amides is 1. The molecule has 0 spiro atoms. The number of methoxy groups -OCH3 is 1. The largest absolute Gasteiger partial charge is 0.485 e. The average molecular weight is 555 g/mol. The van der Waals surface area contributed by atoms with E-state index in [1.165, 1.54) is 29.2 Å². The van der Waals surface area contributed by atoms with Crippen LogP contribution in [0.25, 0.3) is 0 Å². The summed E-state index contributed by atoms with van der Waals surface area (Å²) >= 11 is 0. The summed E-state index contributed by atoms with van der Waals surface area (Å²) in [4.78, 5) is 26.5. The van der Waals surface area contributed by atoms with Gasteiger partial charge in [-0.3, -0.25) is 4.90 Å². The van der Waals surface area contributed by atoms with Gasteiger partial charge in [0.15, 0.2) is 11.6 Å². The first-order chi connectivity index (χ1) is 19.1. The summed E-state index contributed by atoms with van der Waals surface area (Å²) < 4.78 is 31.2. The standard InChI is InChI=1S/C32H43FN2O5/c1-32(2,3)40-31(37)35-20-25(18-28(35)30(36)38-5)39-29-17-22(12-15-27(29)33)16-21-10-13-23(14-11-21)26-9-7-6-8-24(26)19-34-4/h6-9,12,15,17,21,23,25,28,34H,10-11,13-14,16,18-20H2,1-5H3/t21-,23-,25-,28-/m0/s1. The highest BCUT2D eigenvalue weighted by molar-refractivity contribution is 5.82. The normalized spacial score (nSPS) is 23.1. The van der Waals surface area contributed by atoms with Crippen molar-refractivity contribution in [3.8, 4) is 5.75 Å². The molecule has 1 saturated heterocycles. The average Bonchev–Trinajstić information content (AvgIpc) is 3.34. The van der Waals surface area contributed by atoms with Gasteiger partial charge >= 0.3 is 12.1 Å². The third kappa shape index (κ3) is 7.53. The Morgan fingerprint density at radius 1 is 1.07 bits per heavy atom. The molecule has 7 nitrogen and oxygen atoms in total. The highest BCUT2D eigenvalue weighted by atomic mass is 19.1. The van der Waals surface area contributed by atoms with Crippen LogP contribution in [0.2, 0.25) is 0 Å². The third-order valence-electron chi connectivity index (χ3n) is 7.89. The lowest BCUT2D eigenvalue weighted by atomic mass is 9.75. The molecule has 4 rings (SSSR count). The van der Waals surface area contributed by atoms with E-state index in [1.54, 1.807) is 26.8 Å². The van der Waals surface area contributed by atoms with Crippen LogP contribution in [0.5, 0.6) is 5.75 Å². The summed E-state index contributed by atoms with van der Waals surface area (Å²) in [6.45, 7) is 6.28. The quantitative estimate of drug-likeness (QED) is 0.404. The number of likely N-dealkylation sites (tertiary alicyclic amines) is 1. The lowest BCUT2D eigenvalue weighted by Gasteiger charge is -2.30. The van der Waals surface area contributed by atoms with Crippen LogP contribution < -0.4 is 10.1 Å². The van der Waals surface area contributed by atoms with Gasteiger partial charge in [-0.2, -0.15) is 0 Å². The number of carbonyl (C=O) groups is 2. The number of nitrogens with one attached hydrogen (secondary N) is 1. The van der Waals surface area contributed by atoms with Crippen molar-refractivity contribution in [3.63, 3.8) is 0 Å². The van der Waals surface area contributed by atoms with Crippen LogP contribution in [0.4, 0.5) is 9.18 Å². The molecule has 1 N–H and O–H groups in total. The second kappa shape index (κ2) is 13.0. The molecule has 0 radical (unpaired) electrons. The van der Waals surface area contributed by atoms with Gasteiger partial charge < -0.3 is 19.5 Å². The number of halogens is 1. The lowest BCUT2D eigenvalue weighted by Crippen LogP contribution is -2.44. The predicted octanol–water partition coefficient (Wildman–Crippen LogP) is 5.99. The van der Waals surface area contributed by atoms with Crippen LogP contribution in [0.15, 0.2) is 42.5 Å². The molecular weight excluding hydrogens is 511 g/mol. The Balaban J connectivity index is 1.38. The summed E-state index contributed by atoms with van der Waals surface area (Å²) in [6.07, 6.45) is 4.43. The maximum Gasteiger partial charge on any atom is 0.411 e. The molecule has 1 aliphatic carbocycles. The van der Waals surface area contributed by atoms with Gasteiger partial charge in [0.25, 0.3) is 0 Å². The zero-order valence-electron chi connectivity index (χ0n) is 24.4. The van der Waals surface area contributed by atoms with Crippen molar-refractivity contribution in [3.05, 3.63) is 65.0 Å². The molecule has 2 fully saturated rings. The Kier molecular flexibility index (Phi) is 9.72. The van der Waals surface area contributed by atoms with Gasteiger partial charge in [-0.15, -0.1) is 0 Å². The lowest BCUT2D eigenvalue weighted by molar-refractivity contribution is -0.145. The van der Waals surface area contributed by atoms with Crippen molar-refractivity contribution in [2.75, 3.05) is 20.7 Å². The van der Waals surface area contributed by atoms with Crippen LogP contribution in [0.1, 0.15) is 75.5 Å². The third-order valence-corrected chi connectivity index (χ3v) is 7.89. The second-order valence-electron chi connectivity index (χ2n) is 12.1. The SMILES string of the molecule is CNCc1ccccc1[C@H]1CC[C@H](Cc2ccc(F)c(O[C@H]3C[C@@H](C(=O)OC)N(C(=O)OC(C)(C)C)C3)c2)CC1. The first-order valence-corrected chi connectivity index (χ1v) is 14.3. The topological polar surface area (TPSA) is 77.1 Å². The Morgan fingerprint density at radius 3 is 2.48 bits per heavy atom. The molecule has 1 amide bonds. The van der Waals surface area contributed by atoms with E-state index in [0.29, 0.717) is 11.8 Å². The number of ether oxygens (including phenoxy) is 3. The summed E-state index contributed by atoms with van der Waals surface area (Å²) in [5, 5.41) is 3.28. The minimum absolute atomic E-state index is 0.109. The number of hydrogen-bond donors (Lipinski definition) is 1. The molecule has 1 heterocycles. The number of benzene rings is 2. The molecule has 0 bridgehead atoms. The van der Waals surface area contributed by atoms with Crippen LogP contribution in [-0.2, 0) is 27.2 Å². The van der Waals surface area contributed by atoms with Crippen molar-refractivity contribution < 1.29 is 28.2 Å².